The van der Waals surface area contributed by atoms with Crippen molar-refractivity contribution in [2.45, 2.75) is 45.4 Å². The van der Waals surface area contributed by atoms with Crippen molar-refractivity contribution in [1.29, 1.82) is 0 Å². The molecule has 0 aliphatic carbocycles. The Hall–Kier alpha value is -2.53. The number of rotatable bonds is 8. The van der Waals surface area contributed by atoms with Gasteiger partial charge in [0.25, 0.3) is 0 Å². The molecule has 0 spiro atoms. The summed E-state index contributed by atoms with van der Waals surface area (Å²) in [7, 11) is 0. The fraction of sp³-hybridized carbons (Fsp3) is 0.364. The molecule has 5 nitrogen and oxygen atoms in total. The van der Waals surface area contributed by atoms with Gasteiger partial charge in [0, 0.05) is 0 Å². The number of hydrogen-bond acceptors (Lipinski definition) is 4. The van der Waals surface area contributed by atoms with Gasteiger partial charge in [-0.3, -0.25) is 4.79 Å². The molecule has 0 aliphatic rings. The first kappa shape index (κ1) is 21.8. The first-order valence-electron chi connectivity index (χ1n) is 9.10. The number of carbonyl (C=O) groups excluding carboxylic acids is 2. The van der Waals surface area contributed by atoms with Gasteiger partial charge in [-0.2, -0.15) is 0 Å². The van der Waals surface area contributed by atoms with Crippen molar-refractivity contribution < 1.29 is 19.1 Å². The lowest BCUT2D eigenvalue weighted by Gasteiger charge is -2.23. The zero-order chi connectivity index (χ0) is 20.6. The Balaban J connectivity index is 1.96. The predicted octanol–water partition coefficient (Wildman–Crippen LogP) is 4.51. The lowest BCUT2D eigenvalue weighted by atomic mass is 10.0. The third-order valence-corrected chi connectivity index (χ3v) is 4.09. The summed E-state index contributed by atoms with van der Waals surface area (Å²) in [5.74, 6) is 0.281. The van der Waals surface area contributed by atoms with Gasteiger partial charge in [-0.25, -0.2) is 4.79 Å². The number of amides is 1. The van der Waals surface area contributed by atoms with Crippen LogP contribution >= 0.6 is 11.6 Å². The Bertz CT molecular complexity index is 769. The molecule has 0 heterocycles. The molecule has 2 rings (SSSR count). The van der Waals surface area contributed by atoms with Crippen LogP contribution < -0.4 is 10.1 Å². The van der Waals surface area contributed by atoms with Gasteiger partial charge in [0.2, 0.25) is 0 Å². The first-order chi connectivity index (χ1) is 13.3. The Morgan fingerprint density at radius 1 is 1.00 bits per heavy atom. The molecule has 28 heavy (non-hydrogen) atoms. The molecule has 1 amide bonds. The molecular weight excluding hydrogens is 378 g/mol. The molecular formula is C22H26ClNO4. The highest BCUT2D eigenvalue weighted by Crippen LogP contribution is 2.16. The number of ketones is 1. The summed E-state index contributed by atoms with van der Waals surface area (Å²) in [6.45, 7) is 5.77. The van der Waals surface area contributed by atoms with Crippen molar-refractivity contribution in [2.75, 3.05) is 5.88 Å². The number of hydrogen-bond donors (Lipinski definition) is 1. The molecule has 150 valence electrons. The SMILES string of the molecule is CC(C)(C)OC(=O)N[C@@H](Cc1ccc(OCc2ccccc2)cc1)C(=O)CCl. The van der Waals surface area contributed by atoms with Crippen LogP contribution in [0.5, 0.6) is 5.75 Å². The lowest BCUT2D eigenvalue weighted by molar-refractivity contribution is -0.118. The fourth-order valence-electron chi connectivity index (χ4n) is 2.49. The maximum atomic E-state index is 12.1. The van der Waals surface area contributed by atoms with E-state index in [1.165, 1.54) is 0 Å². The van der Waals surface area contributed by atoms with Crippen LogP contribution in [0.1, 0.15) is 31.9 Å². The third-order valence-electron chi connectivity index (χ3n) is 3.82. The molecule has 1 N–H and O–H groups in total. The van der Waals surface area contributed by atoms with Crippen LogP contribution in [-0.2, 0) is 22.6 Å². The van der Waals surface area contributed by atoms with Crippen molar-refractivity contribution in [3.05, 3.63) is 65.7 Å². The average Bonchev–Trinajstić information content (AvgIpc) is 2.65. The second-order valence-electron chi connectivity index (χ2n) is 7.42. The maximum absolute atomic E-state index is 12.1. The van der Waals surface area contributed by atoms with Gasteiger partial charge in [-0.15, -0.1) is 11.6 Å². The highest BCUT2D eigenvalue weighted by molar-refractivity contribution is 6.28. The molecule has 0 saturated carbocycles. The van der Waals surface area contributed by atoms with E-state index < -0.39 is 17.7 Å². The van der Waals surface area contributed by atoms with Crippen molar-refractivity contribution in [2.24, 2.45) is 0 Å². The van der Waals surface area contributed by atoms with Gasteiger partial charge in [0.1, 0.15) is 18.0 Å². The Kier molecular flexibility index (Phi) is 7.88. The molecule has 1 atom stereocenters. The highest BCUT2D eigenvalue weighted by Gasteiger charge is 2.24. The maximum Gasteiger partial charge on any atom is 0.408 e. The topological polar surface area (TPSA) is 64.6 Å². The standard InChI is InChI=1S/C22H26ClNO4/c1-22(2,3)28-21(26)24-19(20(25)14-23)13-16-9-11-18(12-10-16)27-15-17-7-5-4-6-8-17/h4-12,19H,13-15H2,1-3H3,(H,24,26)/t19-/m0/s1. The monoisotopic (exact) mass is 403 g/mol. The number of Topliss-reactive ketones (excluding diaryl/α,β-unsaturated/α-hetero) is 1. The van der Waals surface area contributed by atoms with Gasteiger partial charge in [-0.1, -0.05) is 42.5 Å². The molecule has 0 unspecified atom stereocenters. The van der Waals surface area contributed by atoms with Crippen LogP contribution in [0.15, 0.2) is 54.6 Å². The van der Waals surface area contributed by atoms with Crippen molar-refractivity contribution in [1.82, 2.24) is 5.32 Å². The number of ether oxygens (including phenoxy) is 2. The zero-order valence-electron chi connectivity index (χ0n) is 16.4. The third kappa shape index (κ3) is 7.61. The molecule has 2 aromatic carbocycles. The van der Waals surface area contributed by atoms with E-state index in [2.05, 4.69) is 5.32 Å². The van der Waals surface area contributed by atoms with Crippen LogP contribution in [0.2, 0.25) is 0 Å². The van der Waals surface area contributed by atoms with Crippen molar-refractivity contribution in [3.8, 4) is 5.75 Å². The first-order valence-corrected chi connectivity index (χ1v) is 9.64. The van der Waals surface area contributed by atoms with E-state index in [0.717, 1.165) is 16.9 Å². The average molecular weight is 404 g/mol. The predicted molar refractivity (Wildman–Crippen MR) is 110 cm³/mol. The van der Waals surface area contributed by atoms with Crippen LogP contribution in [0.3, 0.4) is 0 Å². The zero-order valence-corrected chi connectivity index (χ0v) is 17.2. The van der Waals surface area contributed by atoms with Crippen LogP contribution in [0.4, 0.5) is 4.79 Å². The summed E-state index contributed by atoms with van der Waals surface area (Å²) in [6, 6.07) is 16.6. The van der Waals surface area contributed by atoms with E-state index in [1.54, 1.807) is 20.8 Å². The second kappa shape index (κ2) is 10.1. The minimum Gasteiger partial charge on any atom is -0.489 e. The quantitative estimate of drug-likeness (QED) is 0.658. The Morgan fingerprint density at radius 2 is 1.64 bits per heavy atom. The summed E-state index contributed by atoms with van der Waals surface area (Å²) in [4.78, 5) is 24.1. The second-order valence-corrected chi connectivity index (χ2v) is 7.69. The van der Waals surface area contributed by atoms with Gasteiger partial charge in [0.15, 0.2) is 5.78 Å². The molecule has 0 bridgehead atoms. The highest BCUT2D eigenvalue weighted by atomic mass is 35.5. The summed E-state index contributed by atoms with van der Waals surface area (Å²) in [6.07, 6.45) is -0.317. The molecule has 0 aliphatic heterocycles. The van der Waals surface area contributed by atoms with Crippen LogP contribution in [0.25, 0.3) is 0 Å². The molecule has 0 radical (unpaired) electrons. The van der Waals surface area contributed by atoms with E-state index in [0.29, 0.717) is 13.0 Å². The van der Waals surface area contributed by atoms with Gasteiger partial charge in [0.05, 0.1) is 11.9 Å². The normalized spacial score (nSPS) is 12.1. The van der Waals surface area contributed by atoms with Crippen LogP contribution in [-0.4, -0.2) is 29.4 Å². The van der Waals surface area contributed by atoms with Gasteiger partial charge >= 0.3 is 6.09 Å². The van der Waals surface area contributed by atoms with E-state index >= 15 is 0 Å². The van der Waals surface area contributed by atoms with E-state index in [9.17, 15) is 9.59 Å². The number of nitrogens with one attached hydrogen (secondary N) is 1. The largest absolute Gasteiger partial charge is 0.489 e. The van der Waals surface area contributed by atoms with Crippen LogP contribution in [0, 0.1) is 0 Å². The van der Waals surface area contributed by atoms with Crippen molar-refractivity contribution in [3.63, 3.8) is 0 Å². The van der Waals surface area contributed by atoms with Crippen molar-refractivity contribution >= 4 is 23.5 Å². The summed E-state index contributed by atoms with van der Waals surface area (Å²) < 4.78 is 11.0. The number of alkyl halides is 1. The Labute approximate surface area is 171 Å². The molecule has 0 saturated heterocycles. The molecule has 0 aromatic heterocycles. The molecule has 0 fully saturated rings. The van der Waals surface area contributed by atoms with Gasteiger partial charge in [-0.05, 0) is 50.5 Å². The van der Waals surface area contributed by atoms with Gasteiger partial charge < -0.3 is 14.8 Å². The molecule has 2 aromatic rings. The van der Waals surface area contributed by atoms with E-state index in [1.807, 2.05) is 54.6 Å². The Morgan fingerprint density at radius 3 is 2.21 bits per heavy atom. The lowest BCUT2D eigenvalue weighted by Crippen LogP contribution is -2.45. The number of alkyl carbamates (subject to hydrolysis) is 1. The number of benzene rings is 2. The summed E-state index contributed by atoms with van der Waals surface area (Å²) in [5, 5.41) is 2.61. The fourth-order valence-corrected chi connectivity index (χ4v) is 2.67. The summed E-state index contributed by atoms with van der Waals surface area (Å²) >= 11 is 5.69. The summed E-state index contributed by atoms with van der Waals surface area (Å²) in [5.41, 5.74) is 1.32. The number of carbonyl (C=O) groups is 2. The number of halogens is 1. The van der Waals surface area contributed by atoms with E-state index in [4.69, 9.17) is 21.1 Å². The molecule has 6 heteroatoms. The minimum atomic E-state index is -0.747. The smallest absolute Gasteiger partial charge is 0.408 e. The minimum absolute atomic E-state index is 0.182. The van der Waals surface area contributed by atoms with E-state index in [-0.39, 0.29) is 11.7 Å².